The van der Waals surface area contributed by atoms with Crippen LogP contribution in [0.3, 0.4) is 0 Å². The molecule has 1 fully saturated rings. The van der Waals surface area contributed by atoms with E-state index in [1.807, 2.05) is 49.9 Å². The number of nitrogens with one attached hydrogen (secondary N) is 2. The normalized spacial score (nSPS) is 16.8. The number of benzene rings is 2. The van der Waals surface area contributed by atoms with Crippen molar-refractivity contribution in [1.29, 1.82) is 0 Å². The maximum absolute atomic E-state index is 12.6. The molecule has 4 aromatic rings. The van der Waals surface area contributed by atoms with E-state index in [1.54, 1.807) is 48.7 Å². The number of carbonyl (C=O) groups excluding carboxylic acids is 1. The molecule has 1 amide bonds. The molecule has 0 radical (unpaired) electrons. The van der Waals surface area contributed by atoms with E-state index < -0.39 is 16.4 Å². The number of anilines is 2. The number of nitro groups is 1. The Hall–Kier alpha value is -4.77. The molecule has 0 bridgehead atoms. The zero-order chi connectivity index (χ0) is 29.3. The van der Waals surface area contributed by atoms with Gasteiger partial charge < -0.3 is 24.7 Å². The molecular formula is C30H29N5O5S. The van der Waals surface area contributed by atoms with Crippen LogP contribution in [-0.4, -0.2) is 28.0 Å². The first-order valence-electron chi connectivity index (χ1n) is 12.9. The number of methoxy groups -OCH3 is 1. The number of carbonyl (C=O) groups is 1. The zero-order valence-electron chi connectivity index (χ0n) is 23.0. The minimum Gasteiger partial charge on any atom is -0.494 e. The van der Waals surface area contributed by atoms with Crippen molar-refractivity contribution in [3.63, 3.8) is 0 Å². The van der Waals surface area contributed by atoms with Gasteiger partial charge in [0.2, 0.25) is 5.91 Å². The molecule has 1 saturated heterocycles. The minimum atomic E-state index is -0.587. The van der Waals surface area contributed by atoms with Crippen LogP contribution in [0.4, 0.5) is 17.1 Å². The van der Waals surface area contributed by atoms with Gasteiger partial charge in [-0.1, -0.05) is 39.0 Å². The Kier molecular flexibility index (Phi) is 7.46. The van der Waals surface area contributed by atoms with Gasteiger partial charge in [0.1, 0.15) is 23.3 Å². The van der Waals surface area contributed by atoms with Gasteiger partial charge in [-0.2, -0.15) is 0 Å². The number of hydrogen-bond donors (Lipinski definition) is 2. The number of thiocarbonyl (C=S) groups is 1. The number of ether oxygens (including phenoxy) is 1. The van der Waals surface area contributed by atoms with Gasteiger partial charge in [-0.25, -0.2) is 0 Å². The fourth-order valence-corrected chi connectivity index (χ4v) is 5.01. The first kappa shape index (κ1) is 27.8. The maximum Gasteiger partial charge on any atom is 0.280 e. The van der Waals surface area contributed by atoms with Crippen LogP contribution >= 0.6 is 12.2 Å². The Morgan fingerprint density at radius 2 is 1.88 bits per heavy atom. The SMILES string of the molecule is COc1cc(N2C(=S)N[C@H](c3ccccn3)[C@@H]2c2ccc(-c3ccccc3[N+](=O)[O-])o2)ccc1NC(=O)C(C)(C)C. The van der Waals surface area contributed by atoms with Gasteiger partial charge in [0.05, 0.1) is 35.0 Å². The molecule has 0 saturated carbocycles. The zero-order valence-corrected chi connectivity index (χ0v) is 23.8. The third kappa shape index (κ3) is 5.48. The van der Waals surface area contributed by atoms with Crippen molar-refractivity contribution in [1.82, 2.24) is 10.3 Å². The van der Waals surface area contributed by atoms with Crippen LogP contribution in [0.1, 0.15) is 44.3 Å². The van der Waals surface area contributed by atoms with E-state index >= 15 is 0 Å². The number of nitro benzene ring substituents is 1. The summed E-state index contributed by atoms with van der Waals surface area (Å²) < 4.78 is 11.9. The number of hydrogen-bond acceptors (Lipinski definition) is 7. The minimum absolute atomic E-state index is 0.0516. The summed E-state index contributed by atoms with van der Waals surface area (Å²) in [5.41, 5.74) is 1.70. The van der Waals surface area contributed by atoms with E-state index in [9.17, 15) is 14.9 Å². The van der Waals surface area contributed by atoms with Crippen LogP contribution in [0.25, 0.3) is 11.3 Å². The van der Waals surface area contributed by atoms with E-state index in [0.29, 0.717) is 39.3 Å². The second-order valence-electron chi connectivity index (χ2n) is 10.6. The summed E-state index contributed by atoms with van der Waals surface area (Å²) in [6, 6.07) is 20.1. The number of para-hydroxylation sites is 1. The molecule has 11 heteroatoms. The van der Waals surface area contributed by atoms with E-state index in [2.05, 4.69) is 15.6 Å². The second kappa shape index (κ2) is 11.0. The summed E-state index contributed by atoms with van der Waals surface area (Å²) in [6.07, 6.45) is 1.70. The topological polar surface area (TPSA) is 123 Å². The first-order chi connectivity index (χ1) is 19.6. The Bertz CT molecular complexity index is 1620. The number of rotatable bonds is 7. The summed E-state index contributed by atoms with van der Waals surface area (Å²) in [5, 5.41) is 18.4. The van der Waals surface area contributed by atoms with Gasteiger partial charge in [-0.05, 0) is 54.7 Å². The molecule has 0 spiro atoms. The highest BCUT2D eigenvalue weighted by molar-refractivity contribution is 7.80. The number of nitrogens with zero attached hydrogens (tertiary/aromatic N) is 3. The van der Waals surface area contributed by atoms with E-state index in [4.69, 9.17) is 21.4 Å². The Morgan fingerprint density at radius 1 is 1.12 bits per heavy atom. The highest BCUT2D eigenvalue weighted by Gasteiger charge is 2.43. The van der Waals surface area contributed by atoms with Crippen molar-refractivity contribution in [2.75, 3.05) is 17.3 Å². The van der Waals surface area contributed by atoms with Crippen LogP contribution < -0.4 is 20.3 Å². The van der Waals surface area contributed by atoms with Gasteiger partial charge in [-0.3, -0.25) is 19.9 Å². The van der Waals surface area contributed by atoms with Crippen molar-refractivity contribution >= 4 is 40.3 Å². The molecule has 0 unspecified atom stereocenters. The fraction of sp³-hybridized carbons (Fsp3) is 0.233. The first-order valence-corrected chi connectivity index (χ1v) is 13.3. The predicted molar refractivity (Wildman–Crippen MR) is 160 cm³/mol. The summed E-state index contributed by atoms with van der Waals surface area (Å²) in [5.74, 6) is 1.21. The molecule has 10 nitrogen and oxygen atoms in total. The summed E-state index contributed by atoms with van der Waals surface area (Å²) in [4.78, 5) is 30.3. The van der Waals surface area contributed by atoms with Gasteiger partial charge >= 0.3 is 0 Å². The van der Waals surface area contributed by atoms with E-state index in [-0.39, 0.29) is 17.6 Å². The Balaban J connectivity index is 1.58. The second-order valence-corrected chi connectivity index (χ2v) is 10.9. The summed E-state index contributed by atoms with van der Waals surface area (Å²) >= 11 is 5.81. The van der Waals surface area contributed by atoms with Crippen LogP contribution in [0, 0.1) is 15.5 Å². The van der Waals surface area contributed by atoms with Gasteiger partial charge in [0.15, 0.2) is 5.11 Å². The summed E-state index contributed by atoms with van der Waals surface area (Å²) in [7, 11) is 1.53. The lowest BCUT2D eigenvalue weighted by Crippen LogP contribution is -2.30. The van der Waals surface area contributed by atoms with Gasteiger partial charge in [0, 0.05) is 29.4 Å². The van der Waals surface area contributed by atoms with E-state index in [0.717, 1.165) is 5.69 Å². The fourth-order valence-electron chi connectivity index (χ4n) is 4.66. The number of pyridine rings is 1. The highest BCUT2D eigenvalue weighted by atomic mass is 32.1. The number of aromatic nitrogens is 1. The number of amides is 1. The Morgan fingerprint density at radius 3 is 2.56 bits per heavy atom. The van der Waals surface area contributed by atoms with Gasteiger partial charge in [-0.15, -0.1) is 0 Å². The van der Waals surface area contributed by atoms with Crippen LogP contribution in [-0.2, 0) is 4.79 Å². The van der Waals surface area contributed by atoms with Crippen LogP contribution in [0.15, 0.2) is 83.4 Å². The predicted octanol–water partition coefficient (Wildman–Crippen LogP) is 6.42. The molecule has 41 heavy (non-hydrogen) atoms. The Labute approximate surface area is 242 Å². The molecule has 2 aromatic carbocycles. The van der Waals surface area contributed by atoms with Crippen LogP contribution in [0.2, 0.25) is 0 Å². The van der Waals surface area contributed by atoms with Crippen molar-refractivity contribution in [2.24, 2.45) is 5.41 Å². The lowest BCUT2D eigenvalue weighted by Gasteiger charge is -2.27. The third-order valence-corrected chi connectivity index (χ3v) is 7.09. The van der Waals surface area contributed by atoms with Crippen molar-refractivity contribution in [3.8, 4) is 17.1 Å². The largest absolute Gasteiger partial charge is 0.494 e. The average Bonchev–Trinajstić information content (AvgIpc) is 3.58. The molecular weight excluding hydrogens is 542 g/mol. The molecule has 2 aromatic heterocycles. The van der Waals surface area contributed by atoms with Crippen LogP contribution in [0.5, 0.6) is 5.75 Å². The van der Waals surface area contributed by atoms with Crippen molar-refractivity contribution in [3.05, 3.63) is 101 Å². The molecule has 210 valence electrons. The molecule has 1 aliphatic heterocycles. The molecule has 2 N–H and O–H groups in total. The maximum atomic E-state index is 12.6. The molecule has 3 heterocycles. The third-order valence-electron chi connectivity index (χ3n) is 6.78. The standard InChI is InChI=1S/C30H29N5O5S/c1-30(2,3)28(36)32-20-13-12-18(17-25(20)39-4)34-27(26(33-29(34)41)21-10-7-8-16-31-21)24-15-14-23(40-24)19-9-5-6-11-22(19)35(37)38/h5-17,26-27H,1-4H3,(H,32,36)(H,33,41)/t26-,27+/m1/s1. The van der Waals surface area contributed by atoms with Crippen molar-refractivity contribution in [2.45, 2.75) is 32.9 Å². The van der Waals surface area contributed by atoms with Crippen molar-refractivity contribution < 1.29 is 18.9 Å². The smallest absolute Gasteiger partial charge is 0.280 e. The quantitative estimate of drug-likeness (QED) is 0.147. The lowest BCUT2D eigenvalue weighted by molar-refractivity contribution is -0.384. The molecule has 5 rings (SSSR count). The molecule has 1 aliphatic rings. The molecule has 0 aliphatic carbocycles. The van der Waals surface area contributed by atoms with Gasteiger partial charge in [0.25, 0.3) is 5.69 Å². The highest BCUT2D eigenvalue weighted by Crippen LogP contribution is 2.45. The van der Waals surface area contributed by atoms with E-state index in [1.165, 1.54) is 13.2 Å². The lowest BCUT2D eigenvalue weighted by atomic mass is 9.95. The summed E-state index contributed by atoms with van der Waals surface area (Å²) in [6.45, 7) is 5.50. The molecule has 2 atom stereocenters. The average molecular weight is 572 g/mol. The monoisotopic (exact) mass is 571 g/mol. The number of furan rings is 1.